The van der Waals surface area contributed by atoms with E-state index in [1.807, 2.05) is 24.3 Å². The molecule has 0 saturated heterocycles. The molecule has 0 aliphatic heterocycles. The molecule has 94 valence electrons. The molecule has 18 heavy (non-hydrogen) atoms. The average Bonchev–Trinajstić information content (AvgIpc) is 2.80. The van der Waals surface area contributed by atoms with Crippen LogP contribution in [0, 0.1) is 0 Å². The maximum absolute atomic E-state index is 10.8. The Hall–Kier alpha value is -1.59. The smallest absolute Gasteiger partial charge is 0.372 e. The Morgan fingerprint density at radius 3 is 2.67 bits per heavy atom. The lowest BCUT2D eigenvalue weighted by Crippen LogP contribution is -2.01. The molecule has 0 atom stereocenters. The van der Waals surface area contributed by atoms with E-state index in [2.05, 4.69) is 15.9 Å². The molecule has 0 bridgehead atoms. The summed E-state index contributed by atoms with van der Waals surface area (Å²) < 4.78 is 11.3. The van der Waals surface area contributed by atoms with E-state index in [-0.39, 0.29) is 12.4 Å². The summed E-state index contributed by atoms with van der Waals surface area (Å²) in [5.74, 6) is -1.15. The van der Waals surface area contributed by atoms with Crippen molar-refractivity contribution in [2.75, 3.05) is 0 Å². The number of carbonyl (C=O) groups is 1. The Labute approximate surface area is 112 Å². The predicted molar refractivity (Wildman–Crippen MR) is 68.3 cm³/mol. The van der Waals surface area contributed by atoms with Crippen molar-refractivity contribution in [1.29, 1.82) is 0 Å². The van der Waals surface area contributed by atoms with E-state index in [9.17, 15) is 4.79 Å². The number of rotatable bonds is 5. The van der Waals surface area contributed by atoms with Crippen LogP contribution in [0.15, 0.2) is 45.5 Å². The van der Waals surface area contributed by atoms with Gasteiger partial charge in [-0.25, -0.2) is 4.79 Å². The van der Waals surface area contributed by atoms with Gasteiger partial charge in [0.1, 0.15) is 0 Å². The number of halogens is 1. The summed E-state index contributed by atoms with van der Waals surface area (Å²) in [5, 5.41) is 8.86. The maximum Gasteiger partial charge on any atom is 0.372 e. The van der Waals surface area contributed by atoms with Crippen LogP contribution in [0.25, 0.3) is 0 Å². The zero-order valence-electron chi connectivity index (χ0n) is 9.43. The van der Waals surface area contributed by atoms with Crippen LogP contribution in [0.1, 0.15) is 21.7 Å². The number of aromatic carboxylic acids is 1. The fraction of sp³-hybridized carbons (Fsp3) is 0.154. The number of hydrogen-bond acceptors (Lipinski definition) is 3. The minimum absolute atomic E-state index is 0.0675. The third-order valence-corrected chi connectivity index (χ3v) is 3.19. The Balaban J connectivity index is 1.95. The predicted octanol–water partition coefficient (Wildman–Crippen LogP) is 3.46. The molecular formula is C13H11BrO4. The van der Waals surface area contributed by atoms with E-state index >= 15 is 0 Å². The second-order valence-electron chi connectivity index (χ2n) is 3.66. The van der Waals surface area contributed by atoms with Gasteiger partial charge in [0.05, 0.1) is 19.5 Å². The van der Waals surface area contributed by atoms with Gasteiger partial charge in [0, 0.05) is 10.0 Å². The second-order valence-corrected chi connectivity index (χ2v) is 4.52. The normalized spacial score (nSPS) is 10.5. The number of benzene rings is 1. The Bertz CT molecular complexity index is 547. The summed E-state index contributed by atoms with van der Waals surface area (Å²) in [6.07, 6.45) is 1.35. The topological polar surface area (TPSA) is 59.7 Å². The summed E-state index contributed by atoms with van der Waals surface area (Å²) in [7, 11) is 0. The van der Waals surface area contributed by atoms with Crippen molar-refractivity contribution in [3.05, 3.63) is 58.0 Å². The zero-order chi connectivity index (χ0) is 13.0. The molecular weight excluding hydrogens is 300 g/mol. The van der Waals surface area contributed by atoms with Gasteiger partial charge in [0.15, 0.2) is 0 Å². The third kappa shape index (κ3) is 3.00. The molecule has 0 fully saturated rings. The number of carboxylic acids is 1. The number of ether oxygens (including phenoxy) is 1. The molecule has 4 nitrogen and oxygen atoms in total. The minimum atomic E-state index is -1.08. The molecule has 0 amide bonds. The first-order chi connectivity index (χ1) is 8.68. The van der Waals surface area contributed by atoms with Gasteiger partial charge in [-0.1, -0.05) is 34.1 Å². The molecule has 0 unspecified atom stereocenters. The van der Waals surface area contributed by atoms with E-state index in [4.69, 9.17) is 14.3 Å². The second kappa shape index (κ2) is 5.84. The van der Waals surface area contributed by atoms with Crippen LogP contribution in [-0.2, 0) is 18.0 Å². The lowest BCUT2D eigenvalue weighted by molar-refractivity contribution is 0.0646. The van der Waals surface area contributed by atoms with Crippen LogP contribution >= 0.6 is 15.9 Å². The first-order valence-electron chi connectivity index (χ1n) is 5.29. The SMILES string of the molecule is O=C(O)c1occc1COCc1ccccc1Br. The van der Waals surface area contributed by atoms with Crippen molar-refractivity contribution in [2.45, 2.75) is 13.2 Å². The molecule has 2 aromatic rings. The van der Waals surface area contributed by atoms with E-state index in [0.29, 0.717) is 12.2 Å². The molecule has 5 heteroatoms. The van der Waals surface area contributed by atoms with Crippen molar-refractivity contribution in [3.8, 4) is 0 Å². The van der Waals surface area contributed by atoms with Crippen molar-refractivity contribution in [1.82, 2.24) is 0 Å². The van der Waals surface area contributed by atoms with Crippen molar-refractivity contribution in [2.24, 2.45) is 0 Å². The summed E-state index contributed by atoms with van der Waals surface area (Å²) >= 11 is 3.42. The quantitative estimate of drug-likeness (QED) is 0.918. The van der Waals surface area contributed by atoms with Crippen LogP contribution < -0.4 is 0 Å². The number of hydrogen-bond donors (Lipinski definition) is 1. The van der Waals surface area contributed by atoms with Crippen LogP contribution in [0.5, 0.6) is 0 Å². The Morgan fingerprint density at radius 2 is 1.94 bits per heavy atom. The van der Waals surface area contributed by atoms with Gasteiger partial charge >= 0.3 is 5.97 Å². The van der Waals surface area contributed by atoms with Gasteiger partial charge in [-0.15, -0.1) is 0 Å². The van der Waals surface area contributed by atoms with E-state index < -0.39 is 5.97 Å². The Morgan fingerprint density at radius 1 is 1.22 bits per heavy atom. The first-order valence-corrected chi connectivity index (χ1v) is 6.08. The van der Waals surface area contributed by atoms with E-state index in [0.717, 1.165) is 10.0 Å². The molecule has 0 saturated carbocycles. The Kier molecular flexibility index (Phi) is 4.17. The van der Waals surface area contributed by atoms with Crippen molar-refractivity contribution >= 4 is 21.9 Å². The number of carboxylic acid groups (broad SMARTS) is 1. The van der Waals surface area contributed by atoms with E-state index in [1.54, 1.807) is 6.07 Å². The standard InChI is InChI=1S/C13H11BrO4/c14-11-4-2-1-3-9(11)7-17-8-10-5-6-18-12(10)13(15)16/h1-6H,7-8H2,(H,15,16). The molecule has 0 aliphatic rings. The lowest BCUT2D eigenvalue weighted by Gasteiger charge is -2.05. The first kappa shape index (κ1) is 12.9. The van der Waals surface area contributed by atoms with Gasteiger partial charge in [0.2, 0.25) is 5.76 Å². The molecule has 1 heterocycles. The summed E-state index contributed by atoms with van der Waals surface area (Å²) in [6.45, 7) is 0.616. The van der Waals surface area contributed by atoms with Crippen LogP contribution in [0.3, 0.4) is 0 Å². The average molecular weight is 311 g/mol. The highest BCUT2D eigenvalue weighted by atomic mass is 79.9. The maximum atomic E-state index is 10.8. The van der Waals surface area contributed by atoms with Gasteiger partial charge in [0.25, 0.3) is 0 Å². The van der Waals surface area contributed by atoms with Gasteiger partial charge < -0.3 is 14.3 Å². The highest BCUT2D eigenvalue weighted by molar-refractivity contribution is 9.10. The zero-order valence-corrected chi connectivity index (χ0v) is 11.0. The van der Waals surface area contributed by atoms with Crippen molar-refractivity contribution < 1.29 is 19.1 Å². The van der Waals surface area contributed by atoms with Crippen LogP contribution in [0.2, 0.25) is 0 Å². The molecule has 0 spiro atoms. The molecule has 1 aromatic heterocycles. The molecule has 1 N–H and O–H groups in total. The highest BCUT2D eigenvalue weighted by Gasteiger charge is 2.13. The summed E-state index contributed by atoms with van der Waals surface area (Å²) in [6, 6.07) is 9.32. The van der Waals surface area contributed by atoms with Gasteiger partial charge in [-0.3, -0.25) is 0 Å². The monoisotopic (exact) mass is 310 g/mol. The summed E-state index contributed by atoms with van der Waals surface area (Å²) in [4.78, 5) is 10.8. The molecule has 1 aromatic carbocycles. The largest absolute Gasteiger partial charge is 0.475 e. The van der Waals surface area contributed by atoms with Gasteiger partial charge in [-0.2, -0.15) is 0 Å². The van der Waals surface area contributed by atoms with Gasteiger partial charge in [-0.05, 0) is 17.7 Å². The minimum Gasteiger partial charge on any atom is -0.475 e. The summed E-state index contributed by atoms with van der Waals surface area (Å²) in [5.41, 5.74) is 1.55. The molecule has 0 radical (unpaired) electrons. The van der Waals surface area contributed by atoms with Crippen molar-refractivity contribution in [3.63, 3.8) is 0 Å². The number of furan rings is 1. The fourth-order valence-electron chi connectivity index (χ4n) is 1.52. The fourth-order valence-corrected chi connectivity index (χ4v) is 1.92. The molecule has 0 aliphatic carbocycles. The van der Waals surface area contributed by atoms with Crippen LogP contribution in [0.4, 0.5) is 0 Å². The molecule has 2 rings (SSSR count). The highest BCUT2D eigenvalue weighted by Crippen LogP contribution is 2.18. The van der Waals surface area contributed by atoms with Crippen LogP contribution in [-0.4, -0.2) is 11.1 Å². The van der Waals surface area contributed by atoms with E-state index in [1.165, 1.54) is 6.26 Å². The third-order valence-electron chi connectivity index (χ3n) is 2.41. The lowest BCUT2D eigenvalue weighted by atomic mass is 10.2.